The van der Waals surface area contributed by atoms with Gasteiger partial charge in [0.15, 0.2) is 0 Å². The first-order chi connectivity index (χ1) is 8.77. The van der Waals surface area contributed by atoms with Crippen LogP contribution in [0.2, 0.25) is 0 Å². The molecule has 1 aliphatic carbocycles. The molecule has 2 atom stereocenters. The van der Waals surface area contributed by atoms with E-state index in [4.69, 9.17) is 11.6 Å². The molecular weight excluding hydrogens is 246 g/mol. The first kappa shape index (κ1) is 13.4. The van der Waals surface area contributed by atoms with Gasteiger partial charge in [0.25, 0.3) is 5.91 Å². The van der Waals surface area contributed by atoms with Crippen molar-refractivity contribution in [1.82, 2.24) is 5.32 Å². The quantitative estimate of drug-likeness (QED) is 0.811. The summed E-state index contributed by atoms with van der Waals surface area (Å²) in [5, 5.41) is 3.15. The molecule has 0 saturated heterocycles. The Morgan fingerprint density at radius 2 is 1.72 bits per heavy atom. The summed E-state index contributed by atoms with van der Waals surface area (Å²) in [6.07, 6.45) is 6.84. The van der Waals surface area contributed by atoms with Crippen molar-refractivity contribution in [2.24, 2.45) is 0 Å². The van der Waals surface area contributed by atoms with Gasteiger partial charge in [0.2, 0.25) is 0 Å². The normalized spacial score (nSPS) is 24.9. The van der Waals surface area contributed by atoms with E-state index in [-0.39, 0.29) is 17.3 Å². The van der Waals surface area contributed by atoms with Crippen molar-refractivity contribution in [2.75, 3.05) is 0 Å². The maximum Gasteiger partial charge on any atom is 0.251 e. The smallest absolute Gasteiger partial charge is 0.251 e. The summed E-state index contributed by atoms with van der Waals surface area (Å²) >= 11 is 6.38. The Bertz CT molecular complexity index is 379. The van der Waals surface area contributed by atoms with Crippen LogP contribution in [0.1, 0.15) is 48.9 Å². The Kier molecular flexibility index (Phi) is 5.06. The molecule has 1 saturated carbocycles. The molecule has 0 unspecified atom stereocenters. The largest absolute Gasteiger partial charge is 0.348 e. The van der Waals surface area contributed by atoms with E-state index in [1.54, 1.807) is 0 Å². The molecule has 1 amide bonds. The van der Waals surface area contributed by atoms with E-state index in [1.165, 1.54) is 19.3 Å². The van der Waals surface area contributed by atoms with E-state index < -0.39 is 0 Å². The number of carbonyl (C=O) groups excluding carboxylic acids is 1. The number of halogens is 1. The second-order valence-electron chi connectivity index (χ2n) is 4.95. The Balaban J connectivity index is 1.96. The monoisotopic (exact) mass is 265 g/mol. The number of nitrogens with one attached hydrogen (secondary N) is 1. The Hall–Kier alpha value is -1.02. The van der Waals surface area contributed by atoms with E-state index in [2.05, 4.69) is 5.32 Å². The third kappa shape index (κ3) is 3.74. The van der Waals surface area contributed by atoms with Gasteiger partial charge >= 0.3 is 0 Å². The molecule has 3 heteroatoms. The lowest BCUT2D eigenvalue weighted by atomic mass is 9.96. The van der Waals surface area contributed by atoms with Gasteiger partial charge in [-0.15, -0.1) is 11.6 Å². The summed E-state index contributed by atoms with van der Waals surface area (Å²) in [6, 6.07) is 9.45. The Morgan fingerprint density at radius 1 is 1.06 bits per heavy atom. The molecule has 1 aromatic rings. The second-order valence-corrected chi connectivity index (χ2v) is 5.51. The molecule has 1 aromatic carbocycles. The highest BCUT2D eigenvalue weighted by molar-refractivity contribution is 6.21. The fraction of sp³-hybridized carbons (Fsp3) is 0.533. The van der Waals surface area contributed by atoms with Crippen LogP contribution in [0.25, 0.3) is 0 Å². The van der Waals surface area contributed by atoms with Crippen molar-refractivity contribution in [3.05, 3.63) is 35.9 Å². The highest BCUT2D eigenvalue weighted by atomic mass is 35.5. The van der Waals surface area contributed by atoms with E-state index in [0.29, 0.717) is 5.56 Å². The first-order valence-electron chi connectivity index (χ1n) is 6.77. The molecule has 2 nitrogen and oxygen atoms in total. The zero-order valence-corrected chi connectivity index (χ0v) is 11.3. The maximum absolute atomic E-state index is 12.1. The Morgan fingerprint density at radius 3 is 2.44 bits per heavy atom. The molecule has 1 aliphatic rings. The van der Waals surface area contributed by atoms with Crippen LogP contribution in [-0.4, -0.2) is 17.3 Å². The lowest BCUT2D eigenvalue weighted by Crippen LogP contribution is -2.41. The van der Waals surface area contributed by atoms with Crippen LogP contribution < -0.4 is 5.32 Å². The minimum absolute atomic E-state index is 0.00757. The number of carbonyl (C=O) groups is 1. The molecule has 98 valence electrons. The van der Waals surface area contributed by atoms with Crippen molar-refractivity contribution >= 4 is 17.5 Å². The minimum atomic E-state index is -0.00757. The van der Waals surface area contributed by atoms with E-state index >= 15 is 0 Å². The summed E-state index contributed by atoms with van der Waals surface area (Å²) in [4.78, 5) is 12.1. The third-order valence-corrected chi connectivity index (χ3v) is 4.06. The molecule has 0 aromatic heterocycles. The van der Waals surface area contributed by atoms with Crippen LogP contribution >= 0.6 is 11.6 Å². The summed E-state index contributed by atoms with van der Waals surface area (Å²) in [5.74, 6) is -0.00757. The molecule has 0 bridgehead atoms. The van der Waals surface area contributed by atoms with Crippen LogP contribution in [0.15, 0.2) is 30.3 Å². The molecule has 0 aliphatic heterocycles. The number of alkyl halides is 1. The van der Waals surface area contributed by atoms with Crippen LogP contribution in [0.5, 0.6) is 0 Å². The highest BCUT2D eigenvalue weighted by Gasteiger charge is 2.22. The fourth-order valence-corrected chi connectivity index (χ4v) is 2.79. The van der Waals surface area contributed by atoms with Gasteiger partial charge in [-0.25, -0.2) is 0 Å². The summed E-state index contributed by atoms with van der Waals surface area (Å²) in [7, 11) is 0. The summed E-state index contributed by atoms with van der Waals surface area (Å²) in [6.45, 7) is 0. The fourth-order valence-electron chi connectivity index (χ4n) is 2.44. The van der Waals surface area contributed by atoms with Crippen molar-refractivity contribution < 1.29 is 4.79 Å². The van der Waals surface area contributed by atoms with E-state index in [1.807, 2.05) is 30.3 Å². The molecule has 18 heavy (non-hydrogen) atoms. The van der Waals surface area contributed by atoms with Crippen LogP contribution in [-0.2, 0) is 0 Å². The zero-order chi connectivity index (χ0) is 12.8. The minimum Gasteiger partial charge on any atom is -0.348 e. The van der Waals surface area contributed by atoms with Gasteiger partial charge in [-0.05, 0) is 25.0 Å². The molecule has 0 heterocycles. The average Bonchev–Trinajstić information content (AvgIpc) is 2.39. The number of amides is 1. The lowest BCUT2D eigenvalue weighted by Gasteiger charge is -2.25. The van der Waals surface area contributed by atoms with Crippen LogP contribution in [0.4, 0.5) is 0 Å². The predicted octanol–water partition coefficient (Wildman–Crippen LogP) is 3.75. The number of benzene rings is 1. The van der Waals surface area contributed by atoms with Crippen LogP contribution in [0, 0.1) is 0 Å². The molecule has 0 radical (unpaired) electrons. The van der Waals surface area contributed by atoms with E-state index in [0.717, 1.165) is 19.3 Å². The van der Waals surface area contributed by atoms with Gasteiger partial charge in [0, 0.05) is 11.6 Å². The molecular formula is C15H20ClNO. The van der Waals surface area contributed by atoms with Gasteiger partial charge in [-0.3, -0.25) is 4.79 Å². The summed E-state index contributed by atoms with van der Waals surface area (Å²) in [5.41, 5.74) is 0.712. The zero-order valence-electron chi connectivity index (χ0n) is 10.6. The molecule has 1 N–H and O–H groups in total. The highest BCUT2D eigenvalue weighted by Crippen LogP contribution is 2.22. The standard InChI is InChI=1S/C15H20ClNO/c16-13-10-6-1-2-7-11-14(13)17-15(18)12-8-4-3-5-9-12/h3-5,8-9,13-14H,1-2,6-7,10-11H2,(H,17,18)/t13-,14-/m1/s1. The van der Waals surface area contributed by atoms with Crippen LogP contribution in [0.3, 0.4) is 0 Å². The second kappa shape index (κ2) is 6.79. The number of rotatable bonds is 2. The van der Waals surface area contributed by atoms with E-state index in [9.17, 15) is 4.79 Å². The average molecular weight is 266 g/mol. The van der Waals surface area contributed by atoms with Crippen molar-refractivity contribution in [1.29, 1.82) is 0 Å². The third-order valence-electron chi connectivity index (χ3n) is 3.53. The Labute approximate surface area is 114 Å². The SMILES string of the molecule is O=C(N[C@@H]1CCCCCC[C@H]1Cl)c1ccccc1. The van der Waals surface area contributed by atoms with Gasteiger partial charge in [-0.1, -0.05) is 43.9 Å². The molecule has 2 rings (SSSR count). The number of hydrogen-bond donors (Lipinski definition) is 1. The van der Waals surface area contributed by atoms with Gasteiger partial charge in [0.1, 0.15) is 0 Å². The molecule has 0 spiro atoms. The lowest BCUT2D eigenvalue weighted by molar-refractivity contribution is 0.0931. The summed E-state index contributed by atoms with van der Waals surface area (Å²) < 4.78 is 0. The van der Waals surface area contributed by atoms with Gasteiger partial charge in [0.05, 0.1) is 5.38 Å². The number of hydrogen-bond acceptors (Lipinski definition) is 1. The maximum atomic E-state index is 12.1. The first-order valence-corrected chi connectivity index (χ1v) is 7.21. The van der Waals surface area contributed by atoms with Gasteiger partial charge in [-0.2, -0.15) is 0 Å². The van der Waals surface area contributed by atoms with Crippen molar-refractivity contribution in [2.45, 2.75) is 49.9 Å². The molecule has 1 fully saturated rings. The predicted molar refractivity (Wildman–Crippen MR) is 75.0 cm³/mol. The van der Waals surface area contributed by atoms with Gasteiger partial charge < -0.3 is 5.32 Å². The van der Waals surface area contributed by atoms with Crippen molar-refractivity contribution in [3.8, 4) is 0 Å². The topological polar surface area (TPSA) is 29.1 Å². The van der Waals surface area contributed by atoms with Crippen molar-refractivity contribution in [3.63, 3.8) is 0 Å².